The van der Waals surface area contributed by atoms with Crippen LogP contribution in [0.4, 0.5) is 0 Å². The number of hydrogen-bond acceptors (Lipinski definition) is 4. The Morgan fingerprint density at radius 3 is 2.35 bits per heavy atom. The second kappa shape index (κ2) is 9.83. The van der Waals surface area contributed by atoms with Gasteiger partial charge < -0.3 is 9.80 Å². The van der Waals surface area contributed by atoms with Gasteiger partial charge in [-0.3, -0.25) is 4.79 Å². The number of aryl methyl sites for hydroxylation is 2. The van der Waals surface area contributed by atoms with Gasteiger partial charge in [0.1, 0.15) is 9.88 Å². The van der Waals surface area contributed by atoms with Crippen LogP contribution in [0.3, 0.4) is 0 Å². The van der Waals surface area contributed by atoms with E-state index in [0.29, 0.717) is 0 Å². The van der Waals surface area contributed by atoms with E-state index in [2.05, 4.69) is 43.9 Å². The van der Waals surface area contributed by atoms with Crippen LogP contribution in [0.5, 0.6) is 0 Å². The lowest BCUT2D eigenvalue weighted by Crippen LogP contribution is -2.38. The predicted octanol–water partition coefficient (Wildman–Crippen LogP) is 4.48. The van der Waals surface area contributed by atoms with Crippen LogP contribution in [-0.4, -0.2) is 53.4 Å². The Balaban J connectivity index is 2.22. The Kier molecular flexibility index (Phi) is 7.79. The summed E-state index contributed by atoms with van der Waals surface area (Å²) >= 11 is 1.52. The van der Waals surface area contributed by atoms with E-state index in [4.69, 9.17) is 4.98 Å². The third-order valence-corrected chi connectivity index (χ3v) is 6.05. The summed E-state index contributed by atoms with van der Waals surface area (Å²) in [6, 6.07) is 8.33. The van der Waals surface area contributed by atoms with Crippen LogP contribution in [0, 0.1) is 6.92 Å². The minimum Gasteiger partial charge on any atom is -0.337 e. The first-order chi connectivity index (χ1) is 12.5. The van der Waals surface area contributed by atoms with Crippen LogP contribution in [0.1, 0.15) is 48.6 Å². The molecule has 0 saturated heterocycles. The molecule has 142 valence electrons. The highest BCUT2D eigenvalue weighted by Crippen LogP contribution is 2.31. The molecule has 0 aliphatic carbocycles. The number of aromatic nitrogens is 1. The Hall–Kier alpha value is -1.72. The molecular weight excluding hydrogens is 342 g/mol. The summed E-state index contributed by atoms with van der Waals surface area (Å²) in [5.41, 5.74) is 3.25. The summed E-state index contributed by atoms with van der Waals surface area (Å²) < 4.78 is 0. The average Bonchev–Trinajstić information content (AvgIpc) is 3.06. The van der Waals surface area contributed by atoms with Gasteiger partial charge >= 0.3 is 0 Å². The van der Waals surface area contributed by atoms with E-state index in [1.54, 1.807) is 0 Å². The quantitative estimate of drug-likeness (QED) is 0.650. The van der Waals surface area contributed by atoms with E-state index < -0.39 is 0 Å². The topological polar surface area (TPSA) is 36.4 Å². The van der Waals surface area contributed by atoms with E-state index in [0.717, 1.165) is 60.3 Å². The van der Waals surface area contributed by atoms with Crippen molar-refractivity contribution in [1.29, 1.82) is 0 Å². The van der Waals surface area contributed by atoms with Crippen LogP contribution in [-0.2, 0) is 6.42 Å². The van der Waals surface area contributed by atoms with Crippen LogP contribution in [0.25, 0.3) is 10.6 Å². The van der Waals surface area contributed by atoms with E-state index in [1.807, 2.05) is 24.8 Å². The van der Waals surface area contributed by atoms with Gasteiger partial charge in [-0.15, -0.1) is 11.3 Å². The van der Waals surface area contributed by atoms with Gasteiger partial charge in [0.15, 0.2) is 0 Å². The number of nitrogens with zero attached hydrogens (tertiary/aromatic N) is 3. The third-order valence-electron chi connectivity index (χ3n) is 4.87. The summed E-state index contributed by atoms with van der Waals surface area (Å²) in [5.74, 6) is 0.106. The molecule has 1 heterocycles. The van der Waals surface area contributed by atoms with Gasteiger partial charge in [0.2, 0.25) is 0 Å². The minimum atomic E-state index is 0.106. The van der Waals surface area contributed by atoms with E-state index >= 15 is 0 Å². The molecular formula is C21H31N3OS. The standard InChI is InChI=1S/C21H31N3OS/c1-6-17-12-10-11-13-18(17)20-22-16(5)19(26-20)21(25)24(9-4)15-14-23(7-2)8-3/h10-13H,6-9,14-15H2,1-5H3. The third kappa shape index (κ3) is 4.71. The molecule has 4 nitrogen and oxygen atoms in total. The highest BCUT2D eigenvalue weighted by molar-refractivity contribution is 7.17. The normalized spacial score (nSPS) is 11.2. The number of carbonyl (C=O) groups excluding carboxylic acids is 1. The number of rotatable bonds is 9. The number of carbonyl (C=O) groups is 1. The first-order valence-corrected chi connectivity index (χ1v) is 10.4. The zero-order valence-corrected chi connectivity index (χ0v) is 17.5. The van der Waals surface area contributed by atoms with E-state index in [-0.39, 0.29) is 5.91 Å². The molecule has 2 rings (SSSR count). The lowest BCUT2D eigenvalue weighted by atomic mass is 10.1. The van der Waals surface area contributed by atoms with E-state index in [1.165, 1.54) is 16.9 Å². The van der Waals surface area contributed by atoms with Gasteiger partial charge in [-0.25, -0.2) is 4.98 Å². The van der Waals surface area contributed by atoms with Crippen LogP contribution < -0.4 is 0 Å². The number of likely N-dealkylation sites (N-methyl/N-ethyl adjacent to an activating group) is 2. The highest BCUT2D eigenvalue weighted by atomic mass is 32.1. The second-order valence-corrected chi connectivity index (χ2v) is 7.36. The number of thiazole rings is 1. The molecule has 5 heteroatoms. The first kappa shape index (κ1) is 20.6. The SMILES string of the molecule is CCc1ccccc1-c1nc(C)c(C(=O)N(CC)CCN(CC)CC)s1. The maximum atomic E-state index is 13.1. The van der Waals surface area contributed by atoms with Crippen molar-refractivity contribution in [3.05, 3.63) is 40.4 Å². The number of hydrogen-bond donors (Lipinski definition) is 0. The molecule has 0 atom stereocenters. The van der Waals surface area contributed by atoms with Crippen LogP contribution >= 0.6 is 11.3 Å². The van der Waals surface area contributed by atoms with Crippen molar-refractivity contribution < 1.29 is 4.79 Å². The number of benzene rings is 1. The molecule has 0 unspecified atom stereocenters. The molecule has 0 bridgehead atoms. The molecule has 1 amide bonds. The fraction of sp³-hybridized carbons (Fsp3) is 0.524. The second-order valence-electron chi connectivity index (χ2n) is 6.36. The first-order valence-electron chi connectivity index (χ1n) is 9.62. The Bertz CT molecular complexity index is 722. The molecule has 0 spiro atoms. The van der Waals surface area contributed by atoms with Gasteiger partial charge in [0, 0.05) is 25.2 Å². The van der Waals surface area contributed by atoms with Crippen LogP contribution in [0.2, 0.25) is 0 Å². The molecule has 0 aliphatic rings. The van der Waals surface area contributed by atoms with Crippen LogP contribution in [0.15, 0.2) is 24.3 Å². The van der Waals surface area contributed by atoms with Gasteiger partial charge in [0.05, 0.1) is 5.69 Å². The lowest BCUT2D eigenvalue weighted by Gasteiger charge is -2.25. The molecule has 1 aromatic heterocycles. The molecule has 1 aromatic carbocycles. The molecule has 0 radical (unpaired) electrons. The van der Waals surface area contributed by atoms with Gasteiger partial charge in [-0.1, -0.05) is 45.0 Å². The summed E-state index contributed by atoms with van der Waals surface area (Å²) in [7, 11) is 0. The van der Waals surface area contributed by atoms with Gasteiger partial charge in [-0.05, 0) is 38.9 Å². The Labute approximate surface area is 161 Å². The van der Waals surface area contributed by atoms with E-state index in [9.17, 15) is 4.79 Å². The summed E-state index contributed by atoms with van der Waals surface area (Å²) in [6.45, 7) is 14.9. The number of amides is 1. The summed E-state index contributed by atoms with van der Waals surface area (Å²) in [5, 5.41) is 0.947. The maximum absolute atomic E-state index is 13.1. The predicted molar refractivity (Wildman–Crippen MR) is 111 cm³/mol. The van der Waals surface area contributed by atoms with Crippen molar-refractivity contribution in [3.8, 4) is 10.6 Å². The highest BCUT2D eigenvalue weighted by Gasteiger charge is 2.22. The summed E-state index contributed by atoms with van der Waals surface area (Å²) in [6.07, 6.45) is 0.961. The average molecular weight is 374 g/mol. The molecule has 0 saturated carbocycles. The van der Waals surface area contributed by atoms with Crippen molar-refractivity contribution in [1.82, 2.24) is 14.8 Å². The maximum Gasteiger partial charge on any atom is 0.265 e. The zero-order valence-electron chi connectivity index (χ0n) is 16.7. The molecule has 2 aromatic rings. The molecule has 26 heavy (non-hydrogen) atoms. The molecule has 0 aliphatic heterocycles. The van der Waals surface area contributed by atoms with Crippen molar-refractivity contribution in [2.75, 3.05) is 32.7 Å². The smallest absolute Gasteiger partial charge is 0.265 e. The van der Waals surface area contributed by atoms with Gasteiger partial charge in [-0.2, -0.15) is 0 Å². The Morgan fingerprint density at radius 2 is 1.73 bits per heavy atom. The Morgan fingerprint density at radius 1 is 1.04 bits per heavy atom. The molecule has 0 fully saturated rings. The monoisotopic (exact) mass is 373 g/mol. The summed E-state index contributed by atoms with van der Waals surface area (Å²) in [4.78, 5) is 22.8. The lowest BCUT2D eigenvalue weighted by molar-refractivity contribution is 0.0750. The fourth-order valence-electron chi connectivity index (χ4n) is 3.10. The van der Waals surface area contributed by atoms with Crippen molar-refractivity contribution >= 4 is 17.2 Å². The largest absolute Gasteiger partial charge is 0.337 e. The zero-order chi connectivity index (χ0) is 19.1. The van der Waals surface area contributed by atoms with Crippen molar-refractivity contribution in [2.45, 2.75) is 41.0 Å². The van der Waals surface area contributed by atoms with Crippen molar-refractivity contribution in [2.24, 2.45) is 0 Å². The minimum absolute atomic E-state index is 0.106. The molecule has 0 N–H and O–H groups in total. The fourth-order valence-corrected chi connectivity index (χ4v) is 4.19. The van der Waals surface area contributed by atoms with Crippen molar-refractivity contribution in [3.63, 3.8) is 0 Å². The van der Waals surface area contributed by atoms with Gasteiger partial charge in [0.25, 0.3) is 5.91 Å².